The average Bonchev–Trinajstić information content (AvgIpc) is 2.99. The molecular weight excluding hydrogens is 468 g/mol. The predicted molar refractivity (Wildman–Crippen MR) is 155 cm³/mol. The molecule has 0 aromatic carbocycles. The van der Waals surface area contributed by atoms with Crippen LogP contribution in [0.15, 0.2) is 98.1 Å². The van der Waals surface area contributed by atoms with E-state index in [1.165, 1.54) is 0 Å². The summed E-state index contributed by atoms with van der Waals surface area (Å²) in [5.41, 5.74) is 7.13. The van der Waals surface area contributed by atoms with E-state index in [1.54, 1.807) is 49.6 Å². The molecule has 0 aliphatic carbocycles. The van der Waals surface area contributed by atoms with Crippen molar-refractivity contribution in [1.82, 2.24) is 29.9 Å². The van der Waals surface area contributed by atoms with Gasteiger partial charge in [-0.25, -0.2) is 9.97 Å². The van der Waals surface area contributed by atoms with E-state index < -0.39 is 0 Å². The van der Waals surface area contributed by atoms with Crippen molar-refractivity contribution in [3.63, 3.8) is 0 Å². The van der Waals surface area contributed by atoms with Crippen LogP contribution in [0.25, 0.3) is 48.6 Å². The van der Waals surface area contributed by atoms with Gasteiger partial charge in [0.05, 0.1) is 22.8 Å². The molecule has 0 amide bonds. The van der Waals surface area contributed by atoms with Gasteiger partial charge in [-0.15, -0.1) is 0 Å². The van der Waals surface area contributed by atoms with Crippen molar-refractivity contribution in [3.05, 3.63) is 143 Å². The van der Waals surface area contributed by atoms with Gasteiger partial charge in [-0.2, -0.15) is 0 Å². The maximum Gasteiger partial charge on any atom is 0.0894 e. The minimum atomic E-state index is 0.752. The van der Waals surface area contributed by atoms with Crippen molar-refractivity contribution in [2.24, 2.45) is 0 Å². The molecule has 0 aliphatic heterocycles. The van der Waals surface area contributed by atoms with Gasteiger partial charge in [0.15, 0.2) is 0 Å². The van der Waals surface area contributed by atoms with E-state index in [1.807, 2.05) is 97.1 Å². The molecular formula is C32H24N6. The van der Waals surface area contributed by atoms with Crippen LogP contribution >= 0.6 is 0 Å². The van der Waals surface area contributed by atoms with Gasteiger partial charge in [0.2, 0.25) is 0 Å². The molecule has 5 heterocycles. The SMILES string of the molecule is C(=C\c1nc(/C=C/c2ccncc2)c(/C=C/c2ccncc2)nc1/C=C/c1ccncc1)/c1ccncc1. The first-order valence-electron chi connectivity index (χ1n) is 12.1. The lowest BCUT2D eigenvalue weighted by Crippen LogP contribution is -1.99. The largest absolute Gasteiger partial charge is 0.265 e. The van der Waals surface area contributed by atoms with Crippen LogP contribution in [-0.4, -0.2) is 29.9 Å². The van der Waals surface area contributed by atoms with Crippen LogP contribution < -0.4 is 0 Å². The van der Waals surface area contributed by atoms with E-state index in [2.05, 4.69) is 19.9 Å². The molecule has 0 saturated heterocycles. The summed E-state index contributed by atoms with van der Waals surface area (Å²) in [5, 5.41) is 0. The minimum absolute atomic E-state index is 0.752. The Morgan fingerprint density at radius 1 is 0.289 bits per heavy atom. The van der Waals surface area contributed by atoms with E-state index in [4.69, 9.17) is 9.97 Å². The fourth-order valence-corrected chi connectivity index (χ4v) is 3.58. The lowest BCUT2D eigenvalue weighted by molar-refractivity contribution is 1.12. The number of aromatic nitrogens is 6. The molecule has 0 bridgehead atoms. The monoisotopic (exact) mass is 492 g/mol. The third-order valence-electron chi connectivity index (χ3n) is 5.57. The molecule has 6 heteroatoms. The van der Waals surface area contributed by atoms with Crippen LogP contribution in [0.5, 0.6) is 0 Å². The maximum absolute atomic E-state index is 5.03. The molecule has 0 N–H and O–H groups in total. The fourth-order valence-electron chi connectivity index (χ4n) is 3.58. The second-order valence-electron chi connectivity index (χ2n) is 8.22. The minimum Gasteiger partial charge on any atom is -0.265 e. The van der Waals surface area contributed by atoms with Crippen LogP contribution in [-0.2, 0) is 0 Å². The Labute approximate surface area is 221 Å². The highest BCUT2D eigenvalue weighted by atomic mass is 14.8. The molecule has 0 atom stereocenters. The summed E-state index contributed by atoms with van der Waals surface area (Å²) in [6.45, 7) is 0. The number of rotatable bonds is 8. The highest BCUT2D eigenvalue weighted by molar-refractivity contribution is 5.81. The summed E-state index contributed by atoms with van der Waals surface area (Å²) in [7, 11) is 0. The quantitative estimate of drug-likeness (QED) is 0.239. The first kappa shape index (κ1) is 24.3. The van der Waals surface area contributed by atoms with Crippen LogP contribution in [0, 0.1) is 0 Å². The third-order valence-corrected chi connectivity index (χ3v) is 5.57. The molecule has 0 aliphatic rings. The third kappa shape index (κ3) is 6.86. The summed E-state index contributed by atoms with van der Waals surface area (Å²) in [4.78, 5) is 26.5. The van der Waals surface area contributed by atoms with Crippen molar-refractivity contribution in [3.8, 4) is 0 Å². The summed E-state index contributed by atoms with van der Waals surface area (Å²) in [6, 6.07) is 15.6. The van der Waals surface area contributed by atoms with Gasteiger partial charge in [-0.05, 0) is 95.1 Å². The summed E-state index contributed by atoms with van der Waals surface area (Å²) < 4.78 is 0. The van der Waals surface area contributed by atoms with E-state index in [0.717, 1.165) is 45.0 Å². The Morgan fingerprint density at radius 2 is 0.500 bits per heavy atom. The van der Waals surface area contributed by atoms with Crippen molar-refractivity contribution in [2.45, 2.75) is 0 Å². The highest BCUT2D eigenvalue weighted by Gasteiger charge is 2.08. The van der Waals surface area contributed by atoms with Crippen LogP contribution in [0.2, 0.25) is 0 Å². The molecule has 0 spiro atoms. The average molecular weight is 493 g/mol. The Bertz CT molecular complexity index is 1340. The number of hydrogen-bond acceptors (Lipinski definition) is 6. The van der Waals surface area contributed by atoms with Gasteiger partial charge in [0, 0.05) is 49.6 Å². The highest BCUT2D eigenvalue weighted by Crippen LogP contribution is 2.20. The number of nitrogens with zero attached hydrogens (tertiary/aromatic N) is 6. The smallest absolute Gasteiger partial charge is 0.0894 e. The molecule has 6 nitrogen and oxygen atoms in total. The molecule has 0 unspecified atom stereocenters. The number of hydrogen-bond donors (Lipinski definition) is 0. The van der Waals surface area contributed by atoms with E-state index >= 15 is 0 Å². The lowest BCUT2D eigenvalue weighted by atomic mass is 10.1. The number of pyridine rings is 4. The molecule has 0 radical (unpaired) electrons. The first-order valence-corrected chi connectivity index (χ1v) is 12.1. The molecule has 0 saturated carbocycles. The first-order chi connectivity index (χ1) is 18.8. The van der Waals surface area contributed by atoms with Gasteiger partial charge in [0.1, 0.15) is 0 Å². The van der Waals surface area contributed by atoms with Crippen molar-refractivity contribution in [2.75, 3.05) is 0 Å². The van der Waals surface area contributed by atoms with Gasteiger partial charge < -0.3 is 0 Å². The fraction of sp³-hybridized carbons (Fsp3) is 0. The zero-order valence-corrected chi connectivity index (χ0v) is 20.5. The Morgan fingerprint density at radius 3 is 0.711 bits per heavy atom. The molecule has 5 aromatic rings. The van der Waals surface area contributed by atoms with Gasteiger partial charge in [-0.3, -0.25) is 19.9 Å². The normalized spacial score (nSPS) is 11.8. The lowest BCUT2D eigenvalue weighted by Gasteiger charge is -2.07. The van der Waals surface area contributed by atoms with E-state index in [9.17, 15) is 0 Å². The van der Waals surface area contributed by atoms with Crippen molar-refractivity contribution < 1.29 is 0 Å². The van der Waals surface area contributed by atoms with Gasteiger partial charge >= 0.3 is 0 Å². The molecule has 0 fully saturated rings. The summed E-state index contributed by atoms with van der Waals surface area (Å²) >= 11 is 0. The zero-order valence-electron chi connectivity index (χ0n) is 20.5. The maximum atomic E-state index is 5.03. The van der Waals surface area contributed by atoms with Crippen molar-refractivity contribution >= 4 is 48.6 Å². The molecule has 38 heavy (non-hydrogen) atoms. The van der Waals surface area contributed by atoms with Gasteiger partial charge in [0.25, 0.3) is 0 Å². The zero-order chi connectivity index (χ0) is 25.8. The second-order valence-corrected chi connectivity index (χ2v) is 8.22. The van der Waals surface area contributed by atoms with Gasteiger partial charge in [-0.1, -0.05) is 24.3 Å². The molecule has 182 valence electrons. The van der Waals surface area contributed by atoms with E-state index in [-0.39, 0.29) is 0 Å². The summed E-state index contributed by atoms with van der Waals surface area (Å²) in [5.74, 6) is 0. The standard InChI is InChI=1S/C32H24N6/c1(25-9-17-33-18-10-25)5-29-30(6-2-26-11-19-34-20-12-26)38-32(8-4-28-15-23-36-24-16-28)31(37-29)7-3-27-13-21-35-22-14-27/h1-24H/b5-1+,6-2+,7-3+,8-4+. The Hall–Kier alpha value is -5.36. The summed E-state index contributed by atoms with van der Waals surface area (Å²) in [6.07, 6.45) is 30.1. The van der Waals surface area contributed by atoms with E-state index in [0.29, 0.717) is 0 Å². The molecule has 5 aromatic heterocycles. The predicted octanol–water partition coefficient (Wildman–Crippen LogP) is 6.74. The Kier molecular flexibility index (Phi) is 8.04. The van der Waals surface area contributed by atoms with Crippen LogP contribution in [0.3, 0.4) is 0 Å². The van der Waals surface area contributed by atoms with Crippen LogP contribution in [0.4, 0.5) is 0 Å². The van der Waals surface area contributed by atoms with Crippen molar-refractivity contribution in [1.29, 1.82) is 0 Å². The second kappa shape index (κ2) is 12.6. The Balaban J connectivity index is 1.60. The van der Waals surface area contributed by atoms with Crippen LogP contribution in [0.1, 0.15) is 45.0 Å². The molecule has 5 rings (SSSR count). The topological polar surface area (TPSA) is 77.3 Å².